The molecule has 0 unspecified atom stereocenters. The number of aryl methyl sites for hydroxylation is 1. The zero-order chi connectivity index (χ0) is 11.2. The van der Waals surface area contributed by atoms with Crippen LogP contribution in [0.15, 0.2) is 6.07 Å². The van der Waals surface area contributed by atoms with Crippen molar-refractivity contribution in [1.82, 2.24) is 19.6 Å². The van der Waals surface area contributed by atoms with E-state index in [1.165, 1.54) is 23.0 Å². The molecular weight excluding hydrogens is 196 g/mol. The van der Waals surface area contributed by atoms with Crippen molar-refractivity contribution in [1.29, 1.82) is 0 Å². The van der Waals surface area contributed by atoms with E-state index >= 15 is 0 Å². The largest absolute Gasteiger partial charge is 0.294 e. The fourth-order valence-electron chi connectivity index (χ4n) is 1.54. The Kier molecular flexibility index (Phi) is 1.92. The third-order valence-corrected chi connectivity index (χ3v) is 2.26. The van der Waals surface area contributed by atoms with Crippen molar-refractivity contribution >= 4 is 17.2 Å². The highest BCUT2D eigenvalue weighted by Gasteiger charge is 2.19. The van der Waals surface area contributed by atoms with Gasteiger partial charge in [0.15, 0.2) is 17.2 Å². The molecule has 0 saturated carbocycles. The van der Waals surface area contributed by atoms with Crippen LogP contribution in [-0.4, -0.2) is 31.2 Å². The summed E-state index contributed by atoms with van der Waals surface area (Å²) in [7, 11) is 1.68. The predicted octanol–water partition coefficient (Wildman–Crippen LogP) is 0.473. The van der Waals surface area contributed by atoms with Crippen LogP contribution in [0.4, 0.5) is 0 Å². The lowest BCUT2D eigenvalue weighted by atomic mass is 10.2. The molecule has 78 valence electrons. The maximum Gasteiger partial charge on any atom is 0.178 e. The Morgan fingerprint density at radius 3 is 2.40 bits per heavy atom. The highest BCUT2D eigenvalue weighted by atomic mass is 16.1. The van der Waals surface area contributed by atoms with Gasteiger partial charge in [-0.05, 0) is 23.4 Å². The number of aromatic nitrogens is 4. The molecule has 0 saturated heterocycles. The number of rotatable bonds is 2. The summed E-state index contributed by atoms with van der Waals surface area (Å²) in [6.45, 7) is 2.88. The van der Waals surface area contributed by atoms with Gasteiger partial charge >= 0.3 is 0 Å². The van der Waals surface area contributed by atoms with Gasteiger partial charge < -0.3 is 0 Å². The molecule has 0 aliphatic heterocycles. The quantitative estimate of drug-likeness (QED) is 0.670. The van der Waals surface area contributed by atoms with E-state index in [0.29, 0.717) is 16.9 Å². The SMILES string of the molecule is CC(=O)c1cc(C(C)=O)n2nnn(C)c12. The number of ketones is 2. The molecule has 0 atom stereocenters. The Morgan fingerprint density at radius 2 is 1.87 bits per heavy atom. The molecular formula is C9H10N4O2. The number of nitrogens with zero attached hydrogens (tertiary/aromatic N) is 4. The van der Waals surface area contributed by atoms with Crippen LogP contribution in [0.5, 0.6) is 0 Å². The van der Waals surface area contributed by atoms with Gasteiger partial charge in [-0.1, -0.05) is 0 Å². The zero-order valence-corrected chi connectivity index (χ0v) is 8.68. The maximum atomic E-state index is 11.4. The summed E-state index contributed by atoms with van der Waals surface area (Å²) >= 11 is 0. The van der Waals surface area contributed by atoms with Gasteiger partial charge in [-0.2, -0.15) is 4.52 Å². The van der Waals surface area contributed by atoms with Crippen LogP contribution in [0.1, 0.15) is 34.7 Å². The molecule has 0 spiro atoms. The number of fused-ring (bicyclic) bond motifs is 1. The van der Waals surface area contributed by atoms with Gasteiger partial charge in [0.2, 0.25) is 0 Å². The average molecular weight is 206 g/mol. The second kappa shape index (κ2) is 3.01. The summed E-state index contributed by atoms with van der Waals surface area (Å²) in [5.41, 5.74) is 1.39. The lowest BCUT2D eigenvalue weighted by Gasteiger charge is -1.90. The number of hydrogen-bond donors (Lipinski definition) is 0. The number of carbonyl (C=O) groups excluding carboxylic acids is 2. The Hall–Kier alpha value is -1.98. The zero-order valence-electron chi connectivity index (χ0n) is 8.68. The van der Waals surface area contributed by atoms with Crippen LogP contribution in [-0.2, 0) is 7.05 Å². The molecule has 0 aliphatic rings. The third kappa shape index (κ3) is 1.25. The first kappa shape index (κ1) is 9.57. The predicted molar refractivity (Wildman–Crippen MR) is 52.0 cm³/mol. The van der Waals surface area contributed by atoms with E-state index in [0.717, 1.165) is 0 Å². The monoisotopic (exact) mass is 206 g/mol. The van der Waals surface area contributed by atoms with Crippen molar-refractivity contribution in [3.05, 3.63) is 17.3 Å². The average Bonchev–Trinajstić information content (AvgIpc) is 2.66. The lowest BCUT2D eigenvalue weighted by Crippen LogP contribution is -1.98. The minimum atomic E-state index is -0.141. The van der Waals surface area contributed by atoms with Crippen LogP contribution in [0.25, 0.3) is 5.65 Å². The van der Waals surface area contributed by atoms with Crippen LogP contribution < -0.4 is 0 Å². The molecule has 0 radical (unpaired) electrons. The number of Topliss-reactive ketones (excluding diaryl/α,β-unsaturated/α-hetero) is 2. The molecule has 2 aromatic heterocycles. The van der Waals surface area contributed by atoms with Gasteiger partial charge in [-0.25, -0.2) is 4.68 Å². The van der Waals surface area contributed by atoms with Crippen LogP contribution in [0, 0.1) is 0 Å². The van der Waals surface area contributed by atoms with Crippen molar-refractivity contribution in [3.8, 4) is 0 Å². The van der Waals surface area contributed by atoms with Crippen molar-refractivity contribution in [2.45, 2.75) is 13.8 Å². The van der Waals surface area contributed by atoms with E-state index in [-0.39, 0.29) is 11.6 Å². The molecule has 15 heavy (non-hydrogen) atoms. The summed E-state index contributed by atoms with van der Waals surface area (Å²) in [4.78, 5) is 22.6. The summed E-state index contributed by atoms with van der Waals surface area (Å²) in [6.07, 6.45) is 0. The summed E-state index contributed by atoms with van der Waals surface area (Å²) in [5.74, 6) is -0.247. The van der Waals surface area contributed by atoms with E-state index in [9.17, 15) is 9.59 Å². The molecule has 6 heteroatoms. The summed E-state index contributed by atoms with van der Waals surface area (Å²) in [6, 6.07) is 1.55. The topological polar surface area (TPSA) is 69.3 Å². The molecule has 2 aromatic rings. The van der Waals surface area contributed by atoms with Crippen molar-refractivity contribution in [2.24, 2.45) is 7.05 Å². The molecule has 0 aromatic carbocycles. The minimum absolute atomic E-state index is 0.106. The fourth-order valence-corrected chi connectivity index (χ4v) is 1.54. The normalized spacial score (nSPS) is 10.9. The first-order valence-electron chi connectivity index (χ1n) is 4.45. The Labute approximate surface area is 85.5 Å². The van der Waals surface area contributed by atoms with E-state index in [4.69, 9.17) is 0 Å². The molecule has 0 bridgehead atoms. The van der Waals surface area contributed by atoms with E-state index in [1.807, 2.05) is 0 Å². The second-order valence-corrected chi connectivity index (χ2v) is 3.39. The minimum Gasteiger partial charge on any atom is -0.294 e. The number of hydrogen-bond acceptors (Lipinski definition) is 4. The van der Waals surface area contributed by atoms with Gasteiger partial charge in [0, 0.05) is 14.0 Å². The van der Waals surface area contributed by atoms with E-state index in [2.05, 4.69) is 10.4 Å². The van der Waals surface area contributed by atoms with Crippen molar-refractivity contribution < 1.29 is 9.59 Å². The third-order valence-electron chi connectivity index (χ3n) is 2.26. The van der Waals surface area contributed by atoms with Crippen molar-refractivity contribution in [2.75, 3.05) is 0 Å². The van der Waals surface area contributed by atoms with Crippen LogP contribution >= 0.6 is 0 Å². The molecule has 0 aliphatic carbocycles. The Bertz CT molecular complexity index is 564. The summed E-state index contributed by atoms with van der Waals surface area (Å²) in [5, 5.41) is 7.57. The van der Waals surface area contributed by atoms with Gasteiger partial charge in [-0.15, -0.1) is 0 Å². The smallest absolute Gasteiger partial charge is 0.178 e. The highest BCUT2D eigenvalue weighted by molar-refractivity contribution is 6.04. The van der Waals surface area contributed by atoms with Gasteiger partial charge in [0.1, 0.15) is 5.69 Å². The second-order valence-electron chi connectivity index (χ2n) is 3.39. The molecule has 0 fully saturated rings. The standard InChI is InChI=1S/C9H10N4O2/c1-5(14)7-4-8(6(2)15)13-9(7)12(3)10-11-13/h4H,1-3H3. The molecule has 6 nitrogen and oxygen atoms in total. The first-order valence-corrected chi connectivity index (χ1v) is 4.45. The molecule has 0 N–H and O–H groups in total. The lowest BCUT2D eigenvalue weighted by molar-refractivity contribution is 0.100. The van der Waals surface area contributed by atoms with Gasteiger partial charge in [-0.3, -0.25) is 9.59 Å². The first-order chi connectivity index (χ1) is 7.02. The highest BCUT2D eigenvalue weighted by Crippen LogP contribution is 2.15. The van der Waals surface area contributed by atoms with Crippen molar-refractivity contribution in [3.63, 3.8) is 0 Å². The molecule has 0 amide bonds. The Morgan fingerprint density at radius 1 is 1.20 bits per heavy atom. The molecule has 2 rings (SSSR count). The van der Waals surface area contributed by atoms with Crippen LogP contribution in [0.3, 0.4) is 0 Å². The van der Waals surface area contributed by atoms with E-state index in [1.54, 1.807) is 13.1 Å². The van der Waals surface area contributed by atoms with Gasteiger partial charge in [0.25, 0.3) is 0 Å². The number of carbonyl (C=O) groups is 2. The Balaban J connectivity index is 2.87. The van der Waals surface area contributed by atoms with Crippen LogP contribution in [0.2, 0.25) is 0 Å². The fraction of sp³-hybridized carbons (Fsp3) is 0.333. The van der Waals surface area contributed by atoms with E-state index < -0.39 is 0 Å². The molecule has 2 heterocycles. The maximum absolute atomic E-state index is 11.4. The summed E-state index contributed by atoms with van der Waals surface area (Å²) < 4.78 is 2.86. The van der Waals surface area contributed by atoms with Gasteiger partial charge in [0.05, 0.1) is 5.56 Å². The number of tetrazole rings is 1.